The van der Waals surface area contributed by atoms with E-state index in [4.69, 9.17) is 4.74 Å². The van der Waals surface area contributed by atoms with Gasteiger partial charge in [0.25, 0.3) is 0 Å². The molecule has 0 aromatic heterocycles. The summed E-state index contributed by atoms with van der Waals surface area (Å²) in [6.07, 6.45) is 4.41. The summed E-state index contributed by atoms with van der Waals surface area (Å²) in [6.45, 7) is 0. The first kappa shape index (κ1) is 26.0. The number of para-hydroxylation sites is 2. The number of carboxylic acids is 1. The Morgan fingerprint density at radius 3 is 2.19 bits per heavy atom. The Hall–Kier alpha value is -4.04. The monoisotopic (exact) mass is 516 g/mol. The smallest absolute Gasteiger partial charge is 0.307 e. The maximum atomic E-state index is 13.4. The molecule has 3 aromatic rings. The Morgan fingerprint density at radius 1 is 0.865 bits per heavy atom. The van der Waals surface area contributed by atoms with Crippen LogP contribution < -0.4 is 15.4 Å². The van der Waals surface area contributed by atoms with Gasteiger partial charge in [0.2, 0.25) is 11.8 Å². The van der Waals surface area contributed by atoms with Gasteiger partial charge in [-0.2, -0.15) is 0 Å². The Balaban J connectivity index is 1.48. The van der Waals surface area contributed by atoms with Crippen LogP contribution in [0, 0.1) is 11.8 Å². The second-order valence-corrected chi connectivity index (χ2v) is 9.78. The zero-order valence-electron chi connectivity index (χ0n) is 20.3. The van der Waals surface area contributed by atoms with Crippen molar-refractivity contribution in [2.45, 2.75) is 23.0 Å². The van der Waals surface area contributed by atoms with E-state index in [1.165, 1.54) is 11.8 Å². The summed E-state index contributed by atoms with van der Waals surface area (Å²) in [5.74, 6) is -2.23. The number of nitrogens with one attached hydrogen (secondary N) is 2. The van der Waals surface area contributed by atoms with Gasteiger partial charge in [-0.1, -0.05) is 54.6 Å². The lowest BCUT2D eigenvalue weighted by Gasteiger charge is -2.24. The molecule has 4 rings (SSSR count). The van der Waals surface area contributed by atoms with Gasteiger partial charge < -0.3 is 20.5 Å². The minimum Gasteiger partial charge on any atom is -0.495 e. The average Bonchev–Trinajstić information content (AvgIpc) is 2.93. The predicted molar refractivity (Wildman–Crippen MR) is 145 cm³/mol. The summed E-state index contributed by atoms with van der Waals surface area (Å²) in [5.41, 5.74) is 2.01. The third kappa shape index (κ3) is 6.59. The lowest BCUT2D eigenvalue weighted by molar-refractivity contribution is -0.146. The van der Waals surface area contributed by atoms with Crippen LogP contribution in [0.2, 0.25) is 0 Å². The van der Waals surface area contributed by atoms with Gasteiger partial charge >= 0.3 is 5.97 Å². The average molecular weight is 517 g/mol. The van der Waals surface area contributed by atoms with Gasteiger partial charge in [-0.25, -0.2) is 0 Å². The lowest BCUT2D eigenvalue weighted by atomic mass is 9.82. The summed E-state index contributed by atoms with van der Waals surface area (Å²) in [5, 5.41) is 14.7. The van der Waals surface area contributed by atoms with Crippen LogP contribution in [0.3, 0.4) is 0 Å². The van der Waals surface area contributed by atoms with Gasteiger partial charge in [0.1, 0.15) is 11.0 Å². The Kier molecular flexibility index (Phi) is 8.64. The van der Waals surface area contributed by atoms with Gasteiger partial charge in [-0.05, 0) is 54.8 Å². The summed E-state index contributed by atoms with van der Waals surface area (Å²) in [6, 6.07) is 23.9. The van der Waals surface area contributed by atoms with Crippen LogP contribution in [-0.2, 0) is 14.4 Å². The second-order valence-electron chi connectivity index (χ2n) is 8.61. The second kappa shape index (κ2) is 12.3. The maximum absolute atomic E-state index is 13.4. The molecule has 2 amide bonds. The number of carbonyl (C=O) groups excluding carboxylic acids is 2. The fourth-order valence-electron chi connectivity index (χ4n) is 4.21. The highest BCUT2D eigenvalue weighted by atomic mass is 32.2. The number of carbonyl (C=O) groups is 3. The van der Waals surface area contributed by atoms with Crippen molar-refractivity contribution in [3.05, 3.63) is 96.6 Å². The number of carboxylic acid groups (broad SMARTS) is 1. The third-order valence-electron chi connectivity index (χ3n) is 6.17. The van der Waals surface area contributed by atoms with E-state index in [-0.39, 0.29) is 11.8 Å². The molecule has 0 bridgehead atoms. The van der Waals surface area contributed by atoms with Crippen LogP contribution in [0.15, 0.2) is 95.9 Å². The SMILES string of the molecule is COc1ccccc1NC(=O)C(Sc1ccc(NC(=O)C2CC=CCC2C(=O)O)cc1)c1ccccc1. The summed E-state index contributed by atoms with van der Waals surface area (Å²) < 4.78 is 5.37. The first-order valence-electron chi connectivity index (χ1n) is 11.9. The molecule has 190 valence electrons. The van der Waals surface area contributed by atoms with Crippen LogP contribution in [0.1, 0.15) is 23.7 Å². The van der Waals surface area contributed by atoms with Gasteiger partial charge in [0, 0.05) is 10.6 Å². The largest absolute Gasteiger partial charge is 0.495 e. The highest BCUT2D eigenvalue weighted by Gasteiger charge is 2.34. The molecular weight excluding hydrogens is 488 g/mol. The Morgan fingerprint density at radius 2 is 1.51 bits per heavy atom. The van der Waals surface area contributed by atoms with Crippen molar-refractivity contribution in [2.24, 2.45) is 11.8 Å². The number of amides is 2. The van der Waals surface area contributed by atoms with Crippen molar-refractivity contribution in [1.29, 1.82) is 0 Å². The van der Waals surface area contributed by atoms with Gasteiger partial charge in [-0.3, -0.25) is 14.4 Å². The summed E-state index contributed by atoms with van der Waals surface area (Å²) in [7, 11) is 1.56. The molecule has 7 nitrogen and oxygen atoms in total. The molecule has 0 aliphatic heterocycles. The first-order valence-corrected chi connectivity index (χ1v) is 12.8. The molecule has 37 heavy (non-hydrogen) atoms. The van der Waals surface area contributed by atoms with E-state index in [9.17, 15) is 19.5 Å². The number of methoxy groups -OCH3 is 1. The molecule has 1 aliphatic rings. The number of hydrogen-bond acceptors (Lipinski definition) is 5. The molecule has 0 radical (unpaired) electrons. The number of anilines is 2. The van der Waals surface area contributed by atoms with Crippen molar-refractivity contribution in [3.8, 4) is 5.75 Å². The fraction of sp³-hybridized carbons (Fsp3) is 0.207. The van der Waals surface area contributed by atoms with Crippen molar-refractivity contribution in [3.63, 3.8) is 0 Å². The molecular formula is C29H28N2O5S. The number of allylic oxidation sites excluding steroid dienone is 2. The van der Waals surface area contributed by atoms with E-state index >= 15 is 0 Å². The highest BCUT2D eigenvalue weighted by Crippen LogP contribution is 2.37. The van der Waals surface area contributed by atoms with Crippen molar-refractivity contribution in [1.82, 2.24) is 0 Å². The molecule has 0 fully saturated rings. The number of aliphatic carboxylic acids is 1. The normalized spacial score (nSPS) is 17.4. The first-order chi connectivity index (χ1) is 18.0. The summed E-state index contributed by atoms with van der Waals surface area (Å²) >= 11 is 1.39. The molecule has 3 unspecified atom stereocenters. The molecule has 0 spiro atoms. The zero-order chi connectivity index (χ0) is 26.2. The van der Waals surface area contributed by atoms with Gasteiger partial charge in [0.15, 0.2) is 0 Å². The minimum absolute atomic E-state index is 0.192. The standard InChI is InChI=1S/C29H28N2O5S/c1-36-25-14-8-7-13-24(25)31-28(33)26(19-9-3-2-4-10-19)37-21-17-15-20(16-18-21)30-27(32)22-11-5-6-12-23(22)29(34)35/h2-10,13-18,22-23,26H,11-12H2,1H3,(H,30,32)(H,31,33)(H,34,35). The van der Waals surface area contributed by atoms with Crippen LogP contribution in [-0.4, -0.2) is 30.0 Å². The van der Waals surface area contributed by atoms with Crippen LogP contribution >= 0.6 is 11.8 Å². The van der Waals surface area contributed by atoms with E-state index in [0.29, 0.717) is 30.0 Å². The van der Waals surface area contributed by atoms with Gasteiger partial charge in [0.05, 0.1) is 24.6 Å². The molecule has 0 saturated carbocycles. The molecule has 0 saturated heterocycles. The molecule has 3 aromatic carbocycles. The van der Waals surface area contributed by atoms with Crippen molar-refractivity contribution < 1.29 is 24.2 Å². The Labute approximate surface area is 219 Å². The predicted octanol–water partition coefficient (Wildman–Crippen LogP) is 5.77. The topological polar surface area (TPSA) is 105 Å². The van der Waals surface area contributed by atoms with E-state index < -0.39 is 23.1 Å². The summed E-state index contributed by atoms with van der Waals surface area (Å²) in [4.78, 5) is 38.5. The number of ether oxygens (including phenoxy) is 1. The fourth-order valence-corrected chi connectivity index (χ4v) is 5.24. The molecule has 3 N–H and O–H groups in total. The van der Waals surface area contributed by atoms with E-state index in [1.807, 2.05) is 66.7 Å². The minimum atomic E-state index is -0.963. The zero-order valence-corrected chi connectivity index (χ0v) is 21.1. The molecule has 3 atom stereocenters. The van der Waals surface area contributed by atoms with Crippen molar-refractivity contribution >= 4 is 40.9 Å². The molecule has 1 aliphatic carbocycles. The van der Waals surface area contributed by atoms with E-state index in [2.05, 4.69) is 10.6 Å². The van der Waals surface area contributed by atoms with Crippen molar-refractivity contribution in [2.75, 3.05) is 17.7 Å². The number of hydrogen-bond donors (Lipinski definition) is 3. The number of rotatable bonds is 9. The Bertz CT molecular complexity index is 1280. The van der Waals surface area contributed by atoms with Crippen LogP contribution in [0.5, 0.6) is 5.75 Å². The molecule has 0 heterocycles. The third-order valence-corrected chi connectivity index (χ3v) is 7.43. The van der Waals surface area contributed by atoms with E-state index in [1.54, 1.807) is 31.4 Å². The maximum Gasteiger partial charge on any atom is 0.307 e. The lowest BCUT2D eigenvalue weighted by Crippen LogP contribution is -2.34. The number of thioether (sulfide) groups is 1. The van der Waals surface area contributed by atoms with Gasteiger partial charge in [-0.15, -0.1) is 11.8 Å². The molecule has 8 heteroatoms. The van der Waals surface area contributed by atoms with Crippen LogP contribution in [0.25, 0.3) is 0 Å². The highest BCUT2D eigenvalue weighted by molar-refractivity contribution is 8.00. The van der Waals surface area contributed by atoms with E-state index in [0.717, 1.165) is 10.5 Å². The quantitative estimate of drug-likeness (QED) is 0.246. The van der Waals surface area contributed by atoms with Crippen LogP contribution in [0.4, 0.5) is 11.4 Å². The number of benzene rings is 3.